The number of benzene rings is 4. The topological polar surface area (TPSA) is 4.93 Å². The second-order valence-electron chi connectivity index (χ2n) is 7.08. The van der Waals surface area contributed by atoms with Crippen molar-refractivity contribution < 1.29 is 0 Å². The highest BCUT2D eigenvalue weighted by atomic mass is 32.1. The van der Waals surface area contributed by atoms with Crippen molar-refractivity contribution in [1.82, 2.24) is 4.57 Å². The fourth-order valence-electron chi connectivity index (χ4n) is 4.32. The van der Waals surface area contributed by atoms with Crippen LogP contribution in [0, 0.1) is 6.92 Å². The predicted molar refractivity (Wildman–Crippen MR) is 118 cm³/mol. The Morgan fingerprint density at radius 1 is 0.667 bits per heavy atom. The summed E-state index contributed by atoms with van der Waals surface area (Å²) >= 11 is 1.90. The van der Waals surface area contributed by atoms with Gasteiger partial charge in [-0.25, -0.2) is 0 Å². The summed E-state index contributed by atoms with van der Waals surface area (Å²) in [7, 11) is 0. The molecule has 0 spiro atoms. The van der Waals surface area contributed by atoms with Gasteiger partial charge in [0, 0.05) is 36.6 Å². The highest BCUT2D eigenvalue weighted by molar-refractivity contribution is 7.26. The molecule has 0 aliphatic rings. The Morgan fingerprint density at radius 3 is 2.33 bits per heavy atom. The van der Waals surface area contributed by atoms with Crippen LogP contribution in [0.4, 0.5) is 0 Å². The molecule has 0 saturated heterocycles. The average molecular weight is 363 g/mol. The van der Waals surface area contributed by atoms with Crippen LogP contribution in [-0.4, -0.2) is 4.57 Å². The first-order valence-electron chi connectivity index (χ1n) is 9.22. The highest BCUT2D eigenvalue weighted by Gasteiger charge is 2.17. The van der Waals surface area contributed by atoms with E-state index in [1.807, 2.05) is 11.3 Å². The van der Waals surface area contributed by atoms with Gasteiger partial charge in [-0.2, -0.15) is 0 Å². The molecule has 2 heteroatoms. The molecule has 0 saturated carbocycles. The van der Waals surface area contributed by atoms with E-state index in [9.17, 15) is 0 Å². The molecule has 0 fully saturated rings. The summed E-state index contributed by atoms with van der Waals surface area (Å²) in [6.07, 6.45) is 0. The molecular weight excluding hydrogens is 346 g/mol. The summed E-state index contributed by atoms with van der Waals surface area (Å²) in [6.45, 7) is 2.21. The number of thiophene rings is 1. The van der Waals surface area contributed by atoms with E-state index in [1.54, 1.807) is 0 Å². The number of fused-ring (bicyclic) bond motifs is 7. The van der Waals surface area contributed by atoms with Gasteiger partial charge in [0.25, 0.3) is 0 Å². The van der Waals surface area contributed by atoms with Crippen LogP contribution in [0.15, 0.2) is 84.9 Å². The van der Waals surface area contributed by atoms with E-state index in [-0.39, 0.29) is 0 Å². The zero-order valence-corrected chi connectivity index (χ0v) is 15.8. The Hall–Kier alpha value is -3.10. The first-order chi connectivity index (χ1) is 13.3. The largest absolute Gasteiger partial charge is 0.309 e. The summed E-state index contributed by atoms with van der Waals surface area (Å²) in [4.78, 5) is 0. The van der Waals surface area contributed by atoms with Crippen LogP contribution >= 0.6 is 11.3 Å². The van der Waals surface area contributed by atoms with E-state index in [0.717, 1.165) is 0 Å². The van der Waals surface area contributed by atoms with Gasteiger partial charge in [-0.3, -0.25) is 0 Å². The van der Waals surface area contributed by atoms with Crippen molar-refractivity contribution in [2.45, 2.75) is 6.92 Å². The molecule has 0 N–H and O–H groups in total. The second-order valence-corrected chi connectivity index (χ2v) is 8.13. The van der Waals surface area contributed by atoms with Crippen LogP contribution < -0.4 is 0 Å². The normalized spacial score (nSPS) is 11.9. The van der Waals surface area contributed by atoms with Crippen LogP contribution in [0.2, 0.25) is 0 Å². The van der Waals surface area contributed by atoms with Gasteiger partial charge in [-0.15, -0.1) is 11.3 Å². The Balaban J connectivity index is 1.95. The third-order valence-corrected chi connectivity index (χ3v) is 6.81. The maximum absolute atomic E-state index is 2.43. The third-order valence-electron chi connectivity index (χ3n) is 5.51. The monoisotopic (exact) mass is 363 g/mol. The Morgan fingerprint density at radius 2 is 1.44 bits per heavy atom. The average Bonchev–Trinajstić information content (AvgIpc) is 3.25. The number of hydrogen-bond acceptors (Lipinski definition) is 1. The van der Waals surface area contributed by atoms with Crippen LogP contribution in [0.5, 0.6) is 0 Å². The SMILES string of the molecule is Cc1cccc2c1sc1ccc3c4ccccc4n(-c4ccccc4)c3c12. The van der Waals surface area contributed by atoms with Gasteiger partial charge in [0.2, 0.25) is 0 Å². The molecule has 0 bridgehead atoms. The van der Waals surface area contributed by atoms with Gasteiger partial charge in [0.05, 0.1) is 11.0 Å². The van der Waals surface area contributed by atoms with Crippen molar-refractivity contribution in [1.29, 1.82) is 0 Å². The summed E-state index contributed by atoms with van der Waals surface area (Å²) in [6, 6.07) is 30.7. The molecule has 1 nitrogen and oxygen atoms in total. The van der Waals surface area contributed by atoms with Crippen LogP contribution in [0.25, 0.3) is 47.7 Å². The lowest BCUT2D eigenvalue weighted by Crippen LogP contribution is -1.93. The van der Waals surface area contributed by atoms with E-state index < -0.39 is 0 Å². The van der Waals surface area contributed by atoms with E-state index in [0.29, 0.717) is 0 Å². The van der Waals surface area contributed by atoms with E-state index in [2.05, 4.69) is 96.4 Å². The zero-order valence-electron chi connectivity index (χ0n) is 14.9. The van der Waals surface area contributed by atoms with Gasteiger partial charge >= 0.3 is 0 Å². The Bertz CT molecular complexity index is 1470. The number of nitrogens with zero attached hydrogens (tertiary/aromatic N) is 1. The maximum atomic E-state index is 2.43. The maximum Gasteiger partial charge on any atom is 0.0634 e. The summed E-state index contributed by atoms with van der Waals surface area (Å²) in [5, 5.41) is 5.37. The molecule has 4 aromatic carbocycles. The van der Waals surface area contributed by atoms with Gasteiger partial charge in [-0.05, 0) is 36.8 Å². The van der Waals surface area contributed by atoms with Crippen LogP contribution in [0.3, 0.4) is 0 Å². The quantitative estimate of drug-likeness (QED) is 0.286. The molecule has 6 rings (SSSR count). The molecule has 6 aromatic rings. The van der Waals surface area contributed by atoms with Crippen LogP contribution in [-0.2, 0) is 0 Å². The van der Waals surface area contributed by atoms with Crippen molar-refractivity contribution in [3.63, 3.8) is 0 Å². The van der Waals surface area contributed by atoms with Crippen molar-refractivity contribution in [2.75, 3.05) is 0 Å². The minimum atomic E-state index is 1.21. The summed E-state index contributed by atoms with van der Waals surface area (Å²) in [5.41, 5.74) is 5.14. The van der Waals surface area contributed by atoms with Crippen LogP contribution in [0.1, 0.15) is 5.56 Å². The Labute approximate surface area is 161 Å². The van der Waals surface area contributed by atoms with E-state index in [4.69, 9.17) is 0 Å². The highest BCUT2D eigenvalue weighted by Crippen LogP contribution is 2.43. The van der Waals surface area contributed by atoms with Gasteiger partial charge in [-0.1, -0.05) is 60.7 Å². The van der Waals surface area contributed by atoms with Crippen molar-refractivity contribution >= 4 is 53.3 Å². The van der Waals surface area contributed by atoms with Crippen molar-refractivity contribution in [3.05, 3.63) is 90.5 Å². The first kappa shape index (κ1) is 15.0. The zero-order chi connectivity index (χ0) is 18.0. The summed E-state index contributed by atoms with van der Waals surface area (Å²) in [5.74, 6) is 0. The molecule has 2 aromatic heterocycles. The fraction of sp³-hybridized carbons (Fsp3) is 0.0400. The third kappa shape index (κ3) is 1.99. The molecule has 0 aliphatic heterocycles. The van der Waals surface area contributed by atoms with E-state index in [1.165, 1.54) is 53.2 Å². The van der Waals surface area contributed by atoms with Gasteiger partial charge < -0.3 is 4.57 Å². The molecule has 27 heavy (non-hydrogen) atoms. The lowest BCUT2D eigenvalue weighted by Gasteiger charge is -2.08. The summed E-state index contributed by atoms with van der Waals surface area (Å²) < 4.78 is 5.18. The number of para-hydroxylation sites is 2. The van der Waals surface area contributed by atoms with Crippen molar-refractivity contribution in [3.8, 4) is 5.69 Å². The number of hydrogen-bond donors (Lipinski definition) is 0. The molecule has 0 amide bonds. The minimum absolute atomic E-state index is 1.21. The predicted octanol–water partition coefficient (Wildman–Crippen LogP) is 7.46. The molecular formula is C25H17NS. The van der Waals surface area contributed by atoms with Gasteiger partial charge in [0.1, 0.15) is 0 Å². The molecule has 128 valence electrons. The Kier molecular flexibility index (Phi) is 3.03. The van der Waals surface area contributed by atoms with Crippen molar-refractivity contribution in [2.24, 2.45) is 0 Å². The number of aryl methyl sites for hydroxylation is 1. The van der Waals surface area contributed by atoms with E-state index >= 15 is 0 Å². The second kappa shape index (κ2) is 5.45. The molecule has 0 radical (unpaired) electrons. The minimum Gasteiger partial charge on any atom is -0.309 e. The lowest BCUT2D eigenvalue weighted by atomic mass is 10.1. The first-order valence-corrected chi connectivity index (χ1v) is 10.0. The lowest BCUT2D eigenvalue weighted by molar-refractivity contribution is 1.19. The molecule has 2 heterocycles. The fourth-order valence-corrected chi connectivity index (χ4v) is 5.50. The number of aromatic nitrogens is 1. The molecule has 0 aliphatic carbocycles. The number of rotatable bonds is 1. The molecule has 0 unspecified atom stereocenters. The standard InChI is InChI=1S/C25H17NS/c1-16-8-7-12-20-23-22(27-25(16)20)15-14-19-18-11-5-6-13-21(18)26(24(19)23)17-9-3-2-4-10-17/h2-15H,1H3. The van der Waals surface area contributed by atoms with Gasteiger partial charge in [0.15, 0.2) is 0 Å². The smallest absolute Gasteiger partial charge is 0.0634 e. The molecule has 0 atom stereocenters.